The monoisotopic (exact) mass is 847 g/mol. The fourth-order valence-corrected chi connectivity index (χ4v) is 7.56. The number of esters is 2. The van der Waals surface area contributed by atoms with Gasteiger partial charge in [0.15, 0.2) is 12.4 Å². The van der Waals surface area contributed by atoms with E-state index in [0.717, 1.165) is 44.9 Å². The summed E-state index contributed by atoms with van der Waals surface area (Å²) in [5, 5.41) is 30.9. The maximum Gasteiger partial charge on any atom is 0.306 e. The van der Waals surface area contributed by atoms with E-state index in [2.05, 4.69) is 38.2 Å². The Morgan fingerprint density at radius 2 is 0.983 bits per heavy atom. The van der Waals surface area contributed by atoms with E-state index >= 15 is 0 Å². The van der Waals surface area contributed by atoms with Gasteiger partial charge in [0.1, 0.15) is 36.8 Å². The van der Waals surface area contributed by atoms with Gasteiger partial charge in [0, 0.05) is 12.8 Å². The number of hydrogen-bond donors (Lipinski definition) is 4. The first-order chi connectivity index (χ1) is 28.0. The zero-order chi connectivity index (χ0) is 42.7. The van der Waals surface area contributed by atoms with Crippen molar-refractivity contribution in [2.24, 2.45) is 0 Å². The Morgan fingerprint density at radius 3 is 1.43 bits per heavy atom. The van der Waals surface area contributed by atoms with Gasteiger partial charge in [-0.1, -0.05) is 154 Å². The highest BCUT2D eigenvalue weighted by molar-refractivity contribution is 7.85. The molecule has 1 rings (SSSR count). The lowest BCUT2D eigenvalue weighted by atomic mass is 10.00. The van der Waals surface area contributed by atoms with Crippen molar-refractivity contribution < 1.29 is 56.8 Å². The summed E-state index contributed by atoms with van der Waals surface area (Å²) in [5.41, 5.74) is 0. The highest BCUT2D eigenvalue weighted by atomic mass is 32.2. The number of hydrogen-bond acceptors (Lipinski definition) is 11. The first-order valence-corrected chi connectivity index (χ1v) is 24.5. The molecule has 2 unspecified atom stereocenters. The number of aliphatic hydroxyl groups excluding tert-OH is 3. The zero-order valence-electron chi connectivity index (χ0n) is 36.2. The first-order valence-electron chi connectivity index (χ1n) is 22.9. The van der Waals surface area contributed by atoms with Gasteiger partial charge in [-0.25, -0.2) is 0 Å². The molecule has 6 atom stereocenters. The molecular formula is C45H82O12S. The summed E-state index contributed by atoms with van der Waals surface area (Å²) in [5.74, 6) is -1.98. The van der Waals surface area contributed by atoms with Gasteiger partial charge in [0.05, 0.1) is 6.61 Å². The van der Waals surface area contributed by atoms with E-state index in [0.29, 0.717) is 12.8 Å². The molecule has 0 amide bonds. The van der Waals surface area contributed by atoms with Crippen LogP contribution >= 0.6 is 0 Å². The van der Waals surface area contributed by atoms with Crippen LogP contribution in [-0.2, 0) is 38.7 Å². The van der Waals surface area contributed by atoms with Crippen LogP contribution in [0, 0.1) is 0 Å². The van der Waals surface area contributed by atoms with Crippen LogP contribution in [0.3, 0.4) is 0 Å². The standard InChI is InChI=1S/C45H82O12S/c1-3-5-7-9-11-13-15-17-19-21-23-25-27-29-31-33-40(46)54-35-38(36-55-45-44(50)43(49)42(48)39(57-45)37-58(51,52)53)56-41(47)34-32-30-28-26-24-22-20-18-16-14-12-10-8-6-4-2/h9-12,38-39,42-45,48-50H,3-8,13-37H2,1-2H3,(H,51,52,53)/b11-9+,12-10+/t38-,39-,42-,43?,44?,45+/m1/s1. The van der Waals surface area contributed by atoms with Gasteiger partial charge in [0.2, 0.25) is 0 Å². The first kappa shape index (κ1) is 54.1. The average molecular weight is 847 g/mol. The molecule has 1 aliphatic heterocycles. The molecule has 0 aromatic heterocycles. The molecule has 0 aromatic rings. The minimum atomic E-state index is -4.60. The molecule has 0 aliphatic carbocycles. The van der Waals surface area contributed by atoms with E-state index in [-0.39, 0.29) is 19.4 Å². The Labute approximate surface area is 351 Å². The number of unbranched alkanes of at least 4 members (excludes halogenated alkanes) is 22. The van der Waals surface area contributed by atoms with Crippen molar-refractivity contribution in [1.82, 2.24) is 0 Å². The second-order valence-corrected chi connectivity index (χ2v) is 17.6. The van der Waals surface area contributed by atoms with Crippen molar-refractivity contribution in [3.63, 3.8) is 0 Å². The Morgan fingerprint density at radius 1 is 0.569 bits per heavy atom. The minimum Gasteiger partial charge on any atom is -0.462 e. The molecule has 0 radical (unpaired) electrons. The van der Waals surface area contributed by atoms with E-state index in [1.54, 1.807) is 0 Å². The molecule has 0 aromatic carbocycles. The van der Waals surface area contributed by atoms with Gasteiger partial charge in [-0.15, -0.1) is 0 Å². The minimum absolute atomic E-state index is 0.163. The highest BCUT2D eigenvalue weighted by Crippen LogP contribution is 2.24. The van der Waals surface area contributed by atoms with Crippen LogP contribution in [0.1, 0.15) is 194 Å². The number of carbonyl (C=O) groups excluding carboxylic acids is 2. The molecule has 0 bridgehead atoms. The van der Waals surface area contributed by atoms with Crippen molar-refractivity contribution in [2.45, 2.75) is 230 Å². The predicted octanol–water partition coefficient (Wildman–Crippen LogP) is 9.23. The summed E-state index contributed by atoms with van der Waals surface area (Å²) >= 11 is 0. The van der Waals surface area contributed by atoms with E-state index in [1.165, 1.54) is 109 Å². The second-order valence-electron chi connectivity index (χ2n) is 16.1. The molecule has 340 valence electrons. The SMILES string of the molecule is CCCC/C=C/CCCCCCCCCCCC(=O)OC[C@H](CO[C@H]1O[C@H](CS(=O)(=O)O)[C@@H](O)C(O)C1O)OC(=O)CCCCCCCCCCC/C=C/CCCC. The lowest BCUT2D eigenvalue weighted by molar-refractivity contribution is -0.297. The molecule has 1 fully saturated rings. The van der Waals surface area contributed by atoms with Crippen molar-refractivity contribution in [3.05, 3.63) is 24.3 Å². The van der Waals surface area contributed by atoms with Gasteiger partial charge in [0.25, 0.3) is 10.1 Å². The lowest BCUT2D eigenvalue weighted by Gasteiger charge is -2.40. The molecule has 58 heavy (non-hydrogen) atoms. The van der Waals surface area contributed by atoms with Crippen LogP contribution in [-0.4, -0.2) is 96.0 Å². The molecule has 12 nitrogen and oxygen atoms in total. The third-order valence-corrected chi connectivity index (χ3v) is 11.3. The van der Waals surface area contributed by atoms with Crippen LogP contribution in [0.2, 0.25) is 0 Å². The van der Waals surface area contributed by atoms with Crippen LogP contribution in [0.5, 0.6) is 0 Å². The normalized spacial score (nSPS) is 20.6. The quantitative estimate of drug-likeness (QED) is 0.0200. The van der Waals surface area contributed by atoms with E-state index < -0.39 is 71.2 Å². The fourth-order valence-electron chi connectivity index (χ4n) is 6.87. The summed E-state index contributed by atoms with van der Waals surface area (Å²) in [4.78, 5) is 25.4. The number of allylic oxidation sites excluding steroid dienone is 4. The van der Waals surface area contributed by atoms with Crippen LogP contribution in [0.4, 0.5) is 0 Å². The summed E-state index contributed by atoms with van der Waals surface area (Å²) in [6.45, 7) is 3.70. The molecule has 0 spiro atoms. The molecule has 13 heteroatoms. The van der Waals surface area contributed by atoms with Crippen LogP contribution < -0.4 is 0 Å². The Balaban J connectivity index is 2.44. The van der Waals surface area contributed by atoms with E-state index in [1.807, 2.05) is 0 Å². The number of ether oxygens (including phenoxy) is 4. The topological polar surface area (TPSA) is 186 Å². The van der Waals surface area contributed by atoms with Gasteiger partial charge in [-0.2, -0.15) is 8.42 Å². The zero-order valence-corrected chi connectivity index (χ0v) is 37.0. The molecule has 1 saturated heterocycles. The molecule has 4 N–H and O–H groups in total. The highest BCUT2D eigenvalue weighted by Gasteiger charge is 2.46. The number of rotatable bonds is 38. The second kappa shape index (κ2) is 35.8. The van der Waals surface area contributed by atoms with E-state index in [4.69, 9.17) is 18.9 Å². The van der Waals surface area contributed by atoms with Gasteiger partial charge < -0.3 is 34.3 Å². The van der Waals surface area contributed by atoms with Gasteiger partial charge in [-0.05, 0) is 51.4 Å². The molecule has 0 saturated carbocycles. The van der Waals surface area contributed by atoms with Crippen LogP contribution in [0.15, 0.2) is 24.3 Å². The van der Waals surface area contributed by atoms with Crippen molar-refractivity contribution >= 4 is 22.1 Å². The van der Waals surface area contributed by atoms with E-state index in [9.17, 15) is 37.9 Å². The summed E-state index contributed by atoms with van der Waals surface area (Å²) in [6.07, 6.45) is 29.3. The number of carbonyl (C=O) groups is 2. The molecule has 1 heterocycles. The average Bonchev–Trinajstić information content (AvgIpc) is 3.18. The summed E-state index contributed by atoms with van der Waals surface area (Å²) in [6, 6.07) is 0. The lowest BCUT2D eigenvalue weighted by Crippen LogP contribution is -2.60. The Hall–Kier alpha value is -1.87. The predicted molar refractivity (Wildman–Crippen MR) is 229 cm³/mol. The Bertz CT molecular complexity index is 1180. The third-order valence-electron chi connectivity index (χ3n) is 10.5. The van der Waals surface area contributed by atoms with Crippen LogP contribution in [0.25, 0.3) is 0 Å². The molecular weight excluding hydrogens is 765 g/mol. The van der Waals surface area contributed by atoms with Gasteiger partial charge >= 0.3 is 11.9 Å². The summed E-state index contributed by atoms with van der Waals surface area (Å²) in [7, 11) is -4.60. The van der Waals surface area contributed by atoms with Crippen molar-refractivity contribution in [1.29, 1.82) is 0 Å². The summed E-state index contributed by atoms with van der Waals surface area (Å²) < 4.78 is 54.1. The maximum absolute atomic E-state index is 12.8. The van der Waals surface area contributed by atoms with Gasteiger partial charge in [-0.3, -0.25) is 14.1 Å². The van der Waals surface area contributed by atoms with Crippen molar-refractivity contribution in [3.8, 4) is 0 Å². The number of aliphatic hydroxyl groups is 3. The van der Waals surface area contributed by atoms with Crippen molar-refractivity contribution in [2.75, 3.05) is 19.0 Å². The third kappa shape index (κ3) is 30.2. The maximum atomic E-state index is 12.8. The fraction of sp³-hybridized carbons (Fsp3) is 0.867. The molecule has 1 aliphatic rings. The Kier molecular flexibility index (Phi) is 33.5. The smallest absolute Gasteiger partial charge is 0.306 e. The largest absolute Gasteiger partial charge is 0.462 e.